The number of nitrogens with one attached hydrogen (secondary N) is 2. The maximum Gasteiger partial charge on any atom is 0.220 e. The van der Waals surface area contributed by atoms with Crippen molar-refractivity contribution in [2.24, 2.45) is 17.8 Å². The molecule has 4 nitrogen and oxygen atoms in total. The smallest absolute Gasteiger partial charge is 0.220 e. The van der Waals surface area contributed by atoms with Gasteiger partial charge in [-0.15, -0.1) is 0 Å². The normalized spacial score (nSPS) is 11.3. The predicted octanol–water partition coefficient (Wildman–Crippen LogP) is 3.90. The van der Waals surface area contributed by atoms with Gasteiger partial charge in [-0.05, 0) is 24.2 Å². The van der Waals surface area contributed by atoms with E-state index in [0.29, 0.717) is 43.7 Å². The van der Waals surface area contributed by atoms with E-state index in [4.69, 9.17) is 0 Å². The molecule has 0 fully saturated rings. The van der Waals surface area contributed by atoms with E-state index in [-0.39, 0.29) is 11.8 Å². The molecule has 0 atom stereocenters. The van der Waals surface area contributed by atoms with Crippen molar-refractivity contribution in [3.05, 3.63) is 0 Å². The molecule has 0 aliphatic rings. The van der Waals surface area contributed by atoms with E-state index in [1.807, 2.05) is 0 Å². The summed E-state index contributed by atoms with van der Waals surface area (Å²) >= 11 is 0. The van der Waals surface area contributed by atoms with Crippen LogP contribution in [0.4, 0.5) is 0 Å². The van der Waals surface area contributed by atoms with Crippen LogP contribution >= 0.6 is 0 Å². The molecule has 0 bridgehead atoms. The van der Waals surface area contributed by atoms with Gasteiger partial charge >= 0.3 is 0 Å². The summed E-state index contributed by atoms with van der Waals surface area (Å²) in [5.74, 6) is 1.55. The molecule has 0 aromatic heterocycles. The molecule has 0 heterocycles. The third-order valence-electron chi connectivity index (χ3n) is 5.01. The highest BCUT2D eigenvalue weighted by Gasteiger charge is 2.14. The quantitative estimate of drug-likeness (QED) is 0.539. The van der Waals surface area contributed by atoms with Gasteiger partial charge in [0.05, 0.1) is 0 Å². The molecule has 2 amide bonds. The summed E-state index contributed by atoms with van der Waals surface area (Å²) in [5, 5.41) is 6.06. The number of hydrogen-bond donors (Lipinski definition) is 2. The number of amides is 2. The average molecular weight is 327 g/mol. The predicted molar refractivity (Wildman–Crippen MR) is 97.2 cm³/mol. The number of hydrogen-bond acceptors (Lipinski definition) is 2. The molecule has 0 aromatic carbocycles. The Bertz CT molecular complexity index is 293. The van der Waals surface area contributed by atoms with Crippen molar-refractivity contribution in [3.8, 4) is 0 Å². The Morgan fingerprint density at radius 1 is 0.609 bits per heavy atom. The lowest BCUT2D eigenvalue weighted by molar-refractivity contribution is -0.122. The highest BCUT2D eigenvalue weighted by molar-refractivity contribution is 5.76. The van der Waals surface area contributed by atoms with Crippen molar-refractivity contribution in [3.63, 3.8) is 0 Å². The van der Waals surface area contributed by atoms with Gasteiger partial charge in [0, 0.05) is 25.9 Å². The molecule has 2 N–H and O–H groups in total. The fourth-order valence-electron chi connectivity index (χ4n) is 2.70. The Labute approximate surface area is 143 Å². The molecule has 0 aliphatic heterocycles. The van der Waals surface area contributed by atoms with Gasteiger partial charge < -0.3 is 10.6 Å². The Balaban J connectivity index is 4.06. The first-order chi connectivity index (χ1) is 11.0. The van der Waals surface area contributed by atoms with E-state index < -0.39 is 0 Å². The second-order valence-corrected chi connectivity index (χ2v) is 6.66. The van der Waals surface area contributed by atoms with Crippen LogP contribution in [0.5, 0.6) is 0 Å². The lowest BCUT2D eigenvalue weighted by Gasteiger charge is -2.19. The standard InChI is InChI=1S/C19H38N2O2/c1-6-15(7-2)11-18(22)20-13-17(10-5)14-21-19(23)12-16(8-3)9-4/h15-17H,6-14H2,1-5H3,(H,20,22)(H,21,23). The summed E-state index contributed by atoms with van der Waals surface area (Å²) in [4.78, 5) is 23.9. The number of rotatable bonds is 13. The highest BCUT2D eigenvalue weighted by atomic mass is 16.2. The topological polar surface area (TPSA) is 58.2 Å². The van der Waals surface area contributed by atoms with Crippen molar-refractivity contribution < 1.29 is 9.59 Å². The van der Waals surface area contributed by atoms with Crippen LogP contribution in [0.15, 0.2) is 0 Å². The van der Waals surface area contributed by atoms with E-state index in [0.717, 1.165) is 32.1 Å². The van der Waals surface area contributed by atoms with Crippen LogP contribution in [0.25, 0.3) is 0 Å². The molecule has 0 spiro atoms. The first-order valence-electron chi connectivity index (χ1n) is 9.53. The molecule has 0 rings (SSSR count). The second kappa shape index (κ2) is 13.4. The van der Waals surface area contributed by atoms with Crippen molar-refractivity contribution >= 4 is 11.8 Å². The zero-order chi connectivity index (χ0) is 17.7. The van der Waals surface area contributed by atoms with E-state index >= 15 is 0 Å². The van der Waals surface area contributed by atoms with Gasteiger partial charge in [-0.2, -0.15) is 0 Å². The lowest BCUT2D eigenvalue weighted by Crippen LogP contribution is -2.37. The highest BCUT2D eigenvalue weighted by Crippen LogP contribution is 2.13. The Kier molecular flexibility index (Phi) is 12.8. The van der Waals surface area contributed by atoms with E-state index in [2.05, 4.69) is 45.3 Å². The fourth-order valence-corrected chi connectivity index (χ4v) is 2.70. The third kappa shape index (κ3) is 10.4. The van der Waals surface area contributed by atoms with Gasteiger partial charge in [-0.3, -0.25) is 9.59 Å². The Morgan fingerprint density at radius 2 is 0.913 bits per heavy atom. The molecule has 23 heavy (non-hydrogen) atoms. The summed E-state index contributed by atoms with van der Waals surface area (Å²) in [5.41, 5.74) is 0. The van der Waals surface area contributed by atoms with Crippen LogP contribution in [0, 0.1) is 17.8 Å². The molecule has 0 radical (unpaired) electrons. The Morgan fingerprint density at radius 3 is 1.17 bits per heavy atom. The molecule has 4 heteroatoms. The van der Waals surface area contributed by atoms with Gasteiger partial charge in [0.15, 0.2) is 0 Å². The lowest BCUT2D eigenvalue weighted by atomic mass is 9.98. The van der Waals surface area contributed by atoms with Crippen molar-refractivity contribution in [2.45, 2.75) is 79.6 Å². The molecular formula is C19H38N2O2. The van der Waals surface area contributed by atoms with Gasteiger partial charge in [0.1, 0.15) is 0 Å². The maximum atomic E-state index is 12.0. The van der Waals surface area contributed by atoms with E-state index in [1.165, 1.54) is 0 Å². The van der Waals surface area contributed by atoms with Crippen molar-refractivity contribution in [2.75, 3.05) is 13.1 Å². The van der Waals surface area contributed by atoms with Gasteiger partial charge in [0.25, 0.3) is 0 Å². The van der Waals surface area contributed by atoms with Crippen molar-refractivity contribution in [1.29, 1.82) is 0 Å². The summed E-state index contributed by atoms with van der Waals surface area (Å²) in [6.07, 6.45) is 6.38. The summed E-state index contributed by atoms with van der Waals surface area (Å²) < 4.78 is 0. The zero-order valence-corrected chi connectivity index (χ0v) is 15.9. The summed E-state index contributed by atoms with van der Waals surface area (Å²) in [6.45, 7) is 11.9. The SMILES string of the molecule is CCC(CNC(=O)CC(CC)CC)CNC(=O)CC(CC)CC. The summed E-state index contributed by atoms with van der Waals surface area (Å²) in [6, 6.07) is 0. The average Bonchev–Trinajstić information content (AvgIpc) is 2.57. The minimum Gasteiger partial charge on any atom is -0.356 e. The van der Waals surface area contributed by atoms with Crippen LogP contribution in [0.3, 0.4) is 0 Å². The first kappa shape index (κ1) is 21.9. The number of carbonyl (C=O) groups is 2. The van der Waals surface area contributed by atoms with Crippen LogP contribution < -0.4 is 10.6 Å². The minimum absolute atomic E-state index is 0.139. The van der Waals surface area contributed by atoms with Crippen LogP contribution in [0.1, 0.15) is 79.6 Å². The molecule has 136 valence electrons. The monoisotopic (exact) mass is 326 g/mol. The third-order valence-corrected chi connectivity index (χ3v) is 5.01. The minimum atomic E-state index is 0.139. The zero-order valence-electron chi connectivity index (χ0n) is 15.9. The molecule has 0 unspecified atom stereocenters. The van der Waals surface area contributed by atoms with Crippen LogP contribution in [0.2, 0.25) is 0 Å². The second-order valence-electron chi connectivity index (χ2n) is 6.66. The van der Waals surface area contributed by atoms with Crippen molar-refractivity contribution in [1.82, 2.24) is 10.6 Å². The molecule has 0 saturated heterocycles. The van der Waals surface area contributed by atoms with Gasteiger partial charge in [-0.25, -0.2) is 0 Å². The summed E-state index contributed by atoms with van der Waals surface area (Å²) in [7, 11) is 0. The van der Waals surface area contributed by atoms with E-state index in [1.54, 1.807) is 0 Å². The fraction of sp³-hybridized carbons (Fsp3) is 0.895. The maximum absolute atomic E-state index is 12.0. The van der Waals surface area contributed by atoms with Crippen LogP contribution in [-0.4, -0.2) is 24.9 Å². The van der Waals surface area contributed by atoms with Crippen LogP contribution in [-0.2, 0) is 9.59 Å². The molecule has 0 saturated carbocycles. The molecule has 0 aromatic rings. The van der Waals surface area contributed by atoms with Gasteiger partial charge in [0.2, 0.25) is 11.8 Å². The van der Waals surface area contributed by atoms with Gasteiger partial charge in [-0.1, -0.05) is 60.3 Å². The first-order valence-corrected chi connectivity index (χ1v) is 9.53. The number of carbonyl (C=O) groups excluding carboxylic acids is 2. The van der Waals surface area contributed by atoms with E-state index in [9.17, 15) is 9.59 Å². The largest absolute Gasteiger partial charge is 0.356 e. The molecule has 0 aliphatic carbocycles. The molecular weight excluding hydrogens is 288 g/mol. The Hall–Kier alpha value is -1.06.